The van der Waals surface area contributed by atoms with Gasteiger partial charge in [-0.15, -0.1) is 0 Å². The first-order valence-corrected chi connectivity index (χ1v) is 9.67. The molecule has 0 aliphatic heterocycles. The van der Waals surface area contributed by atoms with Crippen LogP contribution in [0.25, 0.3) is 0 Å². The maximum atomic E-state index is 12.8. The summed E-state index contributed by atoms with van der Waals surface area (Å²) in [5, 5.41) is 5.60. The number of rotatable bonds is 8. The summed E-state index contributed by atoms with van der Waals surface area (Å²) in [6.45, 7) is 0. The van der Waals surface area contributed by atoms with E-state index in [-0.39, 0.29) is 11.8 Å². The van der Waals surface area contributed by atoms with E-state index in [0.29, 0.717) is 45.5 Å². The summed E-state index contributed by atoms with van der Waals surface area (Å²) in [7, 11) is 5.92. The molecule has 0 radical (unpaired) electrons. The molecule has 0 unspecified atom stereocenters. The van der Waals surface area contributed by atoms with Crippen molar-refractivity contribution in [1.82, 2.24) is 0 Å². The third-order valence-electron chi connectivity index (χ3n) is 4.72. The SMILES string of the molecule is COc1cc(NC(=O)c2ccccc2OC)c(OC)cc1NC(=O)c1ccccc1OC. The van der Waals surface area contributed by atoms with Gasteiger partial charge in [0.2, 0.25) is 0 Å². The van der Waals surface area contributed by atoms with Crippen LogP contribution in [0.15, 0.2) is 60.7 Å². The standard InChI is InChI=1S/C24H24N2O6/c1-29-19-11-7-5-9-15(19)23(27)25-17-13-22(32-4)18(14-21(17)31-3)26-24(28)16-10-6-8-12-20(16)30-2/h5-14H,1-4H3,(H,25,27)(H,26,28). The second-order valence-electron chi connectivity index (χ2n) is 6.56. The molecule has 0 heterocycles. The molecule has 8 heteroatoms. The molecule has 0 bridgehead atoms. The number of para-hydroxylation sites is 2. The second-order valence-corrected chi connectivity index (χ2v) is 6.56. The van der Waals surface area contributed by atoms with E-state index in [4.69, 9.17) is 18.9 Å². The zero-order valence-corrected chi connectivity index (χ0v) is 18.2. The average molecular weight is 436 g/mol. The lowest BCUT2D eigenvalue weighted by molar-refractivity contribution is 0.101. The van der Waals surface area contributed by atoms with Crippen molar-refractivity contribution in [3.8, 4) is 23.0 Å². The molecule has 2 amide bonds. The summed E-state index contributed by atoms with van der Waals surface area (Å²) in [5.41, 5.74) is 1.47. The Bertz CT molecular complexity index is 1040. The molecule has 8 nitrogen and oxygen atoms in total. The number of hydrogen-bond acceptors (Lipinski definition) is 6. The number of methoxy groups -OCH3 is 4. The van der Waals surface area contributed by atoms with Crippen LogP contribution in [0.1, 0.15) is 20.7 Å². The van der Waals surface area contributed by atoms with Crippen LogP contribution in [-0.2, 0) is 0 Å². The number of amides is 2. The van der Waals surface area contributed by atoms with Crippen LogP contribution in [-0.4, -0.2) is 40.3 Å². The lowest BCUT2D eigenvalue weighted by Gasteiger charge is -2.17. The lowest BCUT2D eigenvalue weighted by atomic mass is 10.1. The molecular formula is C24H24N2O6. The van der Waals surface area contributed by atoms with E-state index in [9.17, 15) is 9.59 Å². The van der Waals surface area contributed by atoms with E-state index in [0.717, 1.165) is 0 Å². The van der Waals surface area contributed by atoms with Crippen LogP contribution in [0.2, 0.25) is 0 Å². The van der Waals surface area contributed by atoms with Gasteiger partial charge in [-0.1, -0.05) is 24.3 Å². The van der Waals surface area contributed by atoms with Crippen LogP contribution in [0, 0.1) is 0 Å². The van der Waals surface area contributed by atoms with E-state index in [2.05, 4.69) is 10.6 Å². The van der Waals surface area contributed by atoms with Gasteiger partial charge in [0.05, 0.1) is 50.9 Å². The molecule has 0 spiro atoms. The highest BCUT2D eigenvalue weighted by atomic mass is 16.5. The summed E-state index contributed by atoms with van der Waals surface area (Å²) < 4.78 is 21.4. The van der Waals surface area contributed by atoms with Gasteiger partial charge >= 0.3 is 0 Å². The van der Waals surface area contributed by atoms with Crippen molar-refractivity contribution in [2.75, 3.05) is 39.1 Å². The largest absolute Gasteiger partial charge is 0.496 e. The Labute approximate surface area is 186 Å². The predicted molar refractivity (Wildman–Crippen MR) is 121 cm³/mol. The normalized spacial score (nSPS) is 10.1. The number of anilines is 2. The fraction of sp³-hybridized carbons (Fsp3) is 0.167. The predicted octanol–water partition coefficient (Wildman–Crippen LogP) is 4.23. The van der Waals surface area contributed by atoms with E-state index in [1.165, 1.54) is 28.4 Å². The Hall–Kier alpha value is -4.20. The Morgan fingerprint density at radius 2 is 0.906 bits per heavy atom. The number of ether oxygens (including phenoxy) is 4. The van der Waals surface area contributed by atoms with Crippen molar-refractivity contribution >= 4 is 23.2 Å². The molecule has 166 valence electrons. The van der Waals surface area contributed by atoms with Crippen molar-refractivity contribution in [2.24, 2.45) is 0 Å². The molecule has 3 aromatic carbocycles. The van der Waals surface area contributed by atoms with Gasteiger partial charge in [-0.2, -0.15) is 0 Å². The van der Waals surface area contributed by atoms with Crippen LogP contribution >= 0.6 is 0 Å². The molecule has 0 atom stereocenters. The van der Waals surface area contributed by atoms with Gasteiger partial charge in [-0.3, -0.25) is 9.59 Å². The van der Waals surface area contributed by atoms with Crippen molar-refractivity contribution < 1.29 is 28.5 Å². The molecule has 3 rings (SSSR count). The molecule has 0 aliphatic carbocycles. The van der Waals surface area contributed by atoms with Gasteiger partial charge in [0.1, 0.15) is 23.0 Å². The Morgan fingerprint density at radius 3 is 1.25 bits per heavy atom. The number of carbonyl (C=O) groups excluding carboxylic acids is 2. The fourth-order valence-corrected chi connectivity index (χ4v) is 3.14. The van der Waals surface area contributed by atoms with Gasteiger partial charge in [-0.05, 0) is 24.3 Å². The molecule has 0 saturated heterocycles. The molecule has 0 aromatic heterocycles. The molecule has 3 aromatic rings. The minimum absolute atomic E-state index is 0.337. The van der Waals surface area contributed by atoms with Crippen molar-refractivity contribution in [2.45, 2.75) is 0 Å². The van der Waals surface area contributed by atoms with E-state index in [1.54, 1.807) is 60.7 Å². The topological polar surface area (TPSA) is 95.1 Å². The first-order chi connectivity index (χ1) is 15.5. The molecular weight excluding hydrogens is 412 g/mol. The summed E-state index contributed by atoms with van der Waals surface area (Å²) in [5.74, 6) is 0.796. The molecule has 0 fully saturated rings. The van der Waals surface area contributed by atoms with E-state index < -0.39 is 0 Å². The second kappa shape index (κ2) is 10.2. The van der Waals surface area contributed by atoms with Crippen molar-refractivity contribution in [1.29, 1.82) is 0 Å². The van der Waals surface area contributed by atoms with E-state index >= 15 is 0 Å². The highest BCUT2D eigenvalue weighted by Crippen LogP contribution is 2.37. The van der Waals surface area contributed by atoms with E-state index in [1.807, 2.05) is 0 Å². The maximum Gasteiger partial charge on any atom is 0.259 e. The number of hydrogen-bond donors (Lipinski definition) is 2. The molecule has 32 heavy (non-hydrogen) atoms. The Kier molecular flexibility index (Phi) is 7.17. The lowest BCUT2D eigenvalue weighted by Crippen LogP contribution is -2.16. The zero-order chi connectivity index (χ0) is 23.1. The molecule has 2 N–H and O–H groups in total. The first-order valence-electron chi connectivity index (χ1n) is 9.67. The monoisotopic (exact) mass is 436 g/mol. The van der Waals surface area contributed by atoms with Gasteiger partial charge in [-0.25, -0.2) is 0 Å². The highest BCUT2D eigenvalue weighted by molar-refractivity contribution is 6.09. The summed E-state index contributed by atoms with van der Waals surface area (Å²) in [6.07, 6.45) is 0. The van der Waals surface area contributed by atoms with Crippen LogP contribution in [0.5, 0.6) is 23.0 Å². The van der Waals surface area contributed by atoms with Crippen molar-refractivity contribution in [3.63, 3.8) is 0 Å². The minimum atomic E-state index is -0.381. The minimum Gasteiger partial charge on any atom is -0.496 e. The number of benzene rings is 3. The smallest absolute Gasteiger partial charge is 0.259 e. The highest BCUT2D eigenvalue weighted by Gasteiger charge is 2.19. The first kappa shape index (κ1) is 22.5. The van der Waals surface area contributed by atoms with Crippen LogP contribution in [0.3, 0.4) is 0 Å². The molecule has 0 aliphatic rings. The van der Waals surface area contributed by atoms with Crippen molar-refractivity contribution in [3.05, 3.63) is 71.8 Å². The van der Waals surface area contributed by atoms with Crippen LogP contribution < -0.4 is 29.6 Å². The zero-order valence-electron chi connectivity index (χ0n) is 18.2. The maximum absolute atomic E-state index is 12.8. The number of nitrogens with one attached hydrogen (secondary N) is 2. The summed E-state index contributed by atoms with van der Waals surface area (Å²) in [4.78, 5) is 25.6. The Balaban J connectivity index is 1.91. The van der Waals surface area contributed by atoms with Gasteiger partial charge in [0.15, 0.2) is 0 Å². The fourth-order valence-electron chi connectivity index (χ4n) is 3.14. The van der Waals surface area contributed by atoms with Gasteiger partial charge in [0.25, 0.3) is 11.8 Å². The number of carbonyl (C=O) groups is 2. The third kappa shape index (κ3) is 4.75. The summed E-state index contributed by atoms with van der Waals surface area (Å²) >= 11 is 0. The molecule has 0 saturated carbocycles. The van der Waals surface area contributed by atoms with Crippen LogP contribution in [0.4, 0.5) is 11.4 Å². The third-order valence-corrected chi connectivity index (χ3v) is 4.72. The average Bonchev–Trinajstić information content (AvgIpc) is 2.84. The summed E-state index contributed by atoms with van der Waals surface area (Å²) in [6, 6.07) is 16.9. The Morgan fingerprint density at radius 1 is 0.562 bits per heavy atom. The quantitative estimate of drug-likeness (QED) is 0.549. The van der Waals surface area contributed by atoms with Gasteiger partial charge in [0, 0.05) is 12.1 Å². The van der Waals surface area contributed by atoms with Gasteiger partial charge < -0.3 is 29.6 Å².